The Kier molecular flexibility index (Phi) is 2.97. The minimum absolute atomic E-state index is 0.258. The Morgan fingerprint density at radius 1 is 1.40 bits per heavy atom. The van der Waals surface area contributed by atoms with E-state index in [2.05, 4.69) is 22.3 Å². The molecule has 0 saturated carbocycles. The van der Waals surface area contributed by atoms with Crippen LogP contribution in [0.5, 0.6) is 0 Å². The van der Waals surface area contributed by atoms with Crippen LogP contribution in [-0.4, -0.2) is 18.4 Å². The lowest BCUT2D eigenvalue weighted by molar-refractivity contribution is -0.109. The molecule has 15 heavy (non-hydrogen) atoms. The molecule has 2 rings (SSSR count). The van der Waals surface area contributed by atoms with Gasteiger partial charge in [0.05, 0.1) is 0 Å². The maximum atomic E-state index is 10.4. The molecule has 3 nitrogen and oxygen atoms in total. The van der Waals surface area contributed by atoms with Crippen LogP contribution in [0.15, 0.2) is 41.6 Å². The Labute approximate surface area is 93.2 Å². The van der Waals surface area contributed by atoms with Crippen LogP contribution in [0, 0.1) is 0 Å². The van der Waals surface area contributed by atoms with Gasteiger partial charge in [0.1, 0.15) is 11.2 Å². The van der Waals surface area contributed by atoms with Crippen molar-refractivity contribution in [3.8, 4) is 0 Å². The fourth-order valence-electron chi connectivity index (χ4n) is 1.55. The van der Waals surface area contributed by atoms with Crippen LogP contribution in [-0.2, 0) is 4.79 Å². The second kappa shape index (κ2) is 4.40. The van der Waals surface area contributed by atoms with E-state index in [1.807, 2.05) is 30.7 Å². The largest absolute Gasteiger partial charge is 0.344 e. The standard InChI is InChI=1S/C11H12N2OS/c1-13-10(12-8-14)7-15-11(13)9-5-3-2-4-6-9/h2-8,11H,1H3,(H,12,14). The molecule has 0 bridgehead atoms. The third kappa shape index (κ3) is 1.99. The van der Waals surface area contributed by atoms with Crippen molar-refractivity contribution in [2.24, 2.45) is 0 Å². The van der Waals surface area contributed by atoms with E-state index >= 15 is 0 Å². The number of hydrogen-bond acceptors (Lipinski definition) is 3. The van der Waals surface area contributed by atoms with Gasteiger partial charge >= 0.3 is 0 Å². The van der Waals surface area contributed by atoms with Crippen molar-refractivity contribution in [3.05, 3.63) is 47.1 Å². The summed E-state index contributed by atoms with van der Waals surface area (Å²) in [5.41, 5.74) is 1.24. The van der Waals surface area contributed by atoms with Crippen LogP contribution in [0.2, 0.25) is 0 Å². The summed E-state index contributed by atoms with van der Waals surface area (Å²) in [6.45, 7) is 0. The fourth-order valence-corrected chi connectivity index (χ4v) is 2.65. The van der Waals surface area contributed by atoms with Crippen molar-refractivity contribution in [2.45, 2.75) is 5.37 Å². The highest BCUT2D eigenvalue weighted by atomic mass is 32.2. The number of amides is 1. The van der Waals surface area contributed by atoms with Gasteiger partial charge in [-0.2, -0.15) is 0 Å². The van der Waals surface area contributed by atoms with Crippen LogP contribution >= 0.6 is 11.8 Å². The van der Waals surface area contributed by atoms with Crippen molar-refractivity contribution >= 4 is 18.2 Å². The van der Waals surface area contributed by atoms with Crippen molar-refractivity contribution in [1.82, 2.24) is 10.2 Å². The van der Waals surface area contributed by atoms with Crippen LogP contribution in [0.1, 0.15) is 10.9 Å². The lowest BCUT2D eigenvalue weighted by atomic mass is 10.2. The average Bonchev–Trinajstić information content (AvgIpc) is 2.63. The third-order valence-electron chi connectivity index (χ3n) is 2.33. The van der Waals surface area contributed by atoms with E-state index in [1.165, 1.54) is 5.56 Å². The highest BCUT2D eigenvalue weighted by Crippen LogP contribution is 2.39. The number of thioether (sulfide) groups is 1. The maximum absolute atomic E-state index is 10.4. The Morgan fingerprint density at radius 3 is 2.80 bits per heavy atom. The van der Waals surface area contributed by atoms with Gasteiger partial charge < -0.3 is 10.2 Å². The van der Waals surface area contributed by atoms with E-state index in [4.69, 9.17) is 0 Å². The van der Waals surface area contributed by atoms with Gasteiger partial charge in [0, 0.05) is 12.5 Å². The molecule has 1 atom stereocenters. The molecule has 1 heterocycles. The summed E-state index contributed by atoms with van der Waals surface area (Å²) in [7, 11) is 1.97. The quantitative estimate of drug-likeness (QED) is 0.790. The van der Waals surface area contributed by atoms with Crippen LogP contribution in [0.3, 0.4) is 0 Å². The molecule has 0 spiro atoms. The predicted octanol–water partition coefficient (Wildman–Crippen LogP) is 1.91. The summed E-state index contributed by atoms with van der Waals surface area (Å²) in [5, 5.41) is 4.90. The minimum Gasteiger partial charge on any atom is -0.344 e. The van der Waals surface area contributed by atoms with E-state index in [-0.39, 0.29) is 5.37 Å². The maximum Gasteiger partial charge on any atom is 0.212 e. The lowest BCUT2D eigenvalue weighted by Crippen LogP contribution is -2.26. The summed E-state index contributed by atoms with van der Waals surface area (Å²) >= 11 is 1.69. The van der Waals surface area contributed by atoms with E-state index < -0.39 is 0 Å². The number of benzene rings is 1. The normalized spacial score (nSPS) is 19.9. The van der Waals surface area contributed by atoms with Gasteiger partial charge in [0.25, 0.3) is 0 Å². The Balaban J connectivity index is 2.13. The van der Waals surface area contributed by atoms with Crippen molar-refractivity contribution in [1.29, 1.82) is 0 Å². The molecule has 4 heteroatoms. The van der Waals surface area contributed by atoms with Crippen molar-refractivity contribution in [2.75, 3.05) is 7.05 Å². The SMILES string of the molecule is CN1C(NC=O)=CSC1c1ccccc1. The van der Waals surface area contributed by atoms with E-state index in [9.17, 15) is 4.79 Å². The topological polar surface area (TPSA) is 32.3 Å². The number of carbonyl (C=O) groups excluding carboxylic acids is 1. The zero-order valence-corrected chi connectivity index (χ0v) is 9.20. The molecule has 0 radical (unpaired) electrons. The first kappa shape index (κ1) is 10.1. The average molecular weight is 220 g/mol. The molecule has 1 aliphatic rings. The third-order valence-corrected chi connectivity index (χ3v) is 3.54. The lowest BCUT2D eigenvalue weighted by Gasteiger charge is -2.23. The van der Waals surface area contributed by atoms with E-state index in [0.717, 1.165) is 5.82 Å². The molecule has 78 valence electrons. The van der Waals surface area contributed by atoms with Gasteiger partial charge in [-0.3, -0.25) is 4.79 Å². The van der Waals surface area contributed by atoms with E-state index in [0.29, 0.717) is 6.41 Å². The Bertz CT molecular complexity index is 377. The molecule has 0 aliphatic carbocycles. The van der Waals surface area contributed by atoms with Crippen molar-refractivity contribution in [3.63, 3.8) is 0 Å². The van der Waals surface area contributed by atoms with Crippen molar-refractivity contribution < 1.29 is 4.79 Å². The van der Waals surface area contributed by atoms with Gasteiger partial charge in [-0.05, 0) is 5.56 Å². The molecular formula is C11H12N2OS. The number of hydrogen-bond donors (Lipinski definition) is 1. The highest BCUT2D eigenvalue weighted by molar-refractivity contribution is 8.02. The van der Waals surface area contributed by atoms with Gasteiger partial charge in [0.15, 0.2) is 0 Å². The Hall–Kier alpha value is -1.42. The first-order valence-corrected chi connectivity index (χ1v) is 5.61. The molecule has 1 unspecified atom stereocenters. The Morgan fingerprint density at radius 2 is 2.13 bits per heavy atom. The predicted molar refractivity (Wildman–Crippen MR) is 61.8 cm³/mol. The number of rotatable bonds is 3. The zero-order chi connectivity index (χ0) is 10.7. The minimum atomic E-state index is 0.258. The number of nitrogens with one attached hydrogen (secondary N) is 1. The van der Waals surface area contributed by atoms with Crippen LogP contribution < -0.4 is 5.32 Å². The number of carbonyl (C=O) groups is 1. The molecule has 0 saturated heterocycles. The zero-order valence-electron chi connectivity index (χ0n) is 8.38. The summed E-state index contributed by atoms with van der Waals surface area (Å²) in [6, 6.07) is 10.2. The first-order chi connectivity index (χ1) is 7.33. The molecule has 1 aromatic rings. The summed E-state index contributed by atoms with van der Waals surface area (Å²) < 4.78 is 0. The summed E-state index contributed by atoms with van der Waals surface area (Å²) in [6.07, 6.45) is 0.705. The van der Waals surface area contributed by atoms with Crippen LogP contribution in [0.25, 0.3) is 0 Å². The second-order valence-corrected chi connectivity index (χ2v) is 4.23. The van der Waals surface area contributed by atoms with Gasteiger partial charge in [-0.15, -0.1) is 11.8 Å². The molecule has 0 aromatic heterocycles. The van der Waals surface area contributed by atoms with Gasteiger partial charge in [-0.25, -0.2) is 0 Å². The van der Waals surface area contributed by atoms with E-state index in [1.54, 1.807) is 11.8 Å². The second-order valence-electron chi connectivity index (χ2n) is 3.28. The highest BCUT2D eigenvalue weighted by Gasteiger charge is 2.24. The van der Waals surface area contributed by atoms with Gasteiger partial charge in [-0.1, -0.05) is 30.3 Å². The van der Waals surface area contributed by atoms with Crippen LogP contribution in [0.4, 0.5) is 0 Å². The molecule has 1 aromatic carbocycles. The molecular weight excluding hydrogens is 208 g/mol. The smallest absolute Gasteiger partial charge is 0.212 e. The monoisotopic (exact) mass is 220 g/mol. The summed E-state index contributed by atoms with van der Waals surface area (Å²) in [5.74, 6) is 0.851. The molecule has 1 aliphatic heterocycles. The fraction of sp³-hybridized carbons (Fsp3) is 0.182. The molecule has 0 fully saturated rings. The molecule has 1 N–H and O–H groups in total. The first-order valence-electron chi connectivity index (χ1n) is 4.66. The molecule has 1 amide bonds. The number of nitrogens with zero attached hydrogens (tertiary/aromatic N) is 1. The summed E-state index contributed by atoms with van der Waals surface area (Å²) in [4.78, 5) is 12.4. The van der Waals surface area contributed by atoms with Gasteiger partial charge in [0.2, 0.25) is 6.41 Å².